The van der Waals surface area contributed by atoms with Crippen LogP contribution in [0, 0.1) is 0 Å². The molecule has 3 rings (SSSR count). The highest BCUT2D eigenvalue weighted by Crippen LogP contribution is 2.33. The van der Waals surface area contributed by atoms with Gasteiger partial charge in [-0.05, 0) is 32.1 Å². The maximum absolute atomic E-state index is 11.9. The first-order valence-corrected chi connectivity index (χ1v) is 8.49. The number of aryl methyl sites for hydroxylation is 1. The summed E-state index contributed by atoms with van der Waals surface area (Å²) in [5.41, 5.74) is 1.03. The van der Waals surface area contributed by atoms with Crippen molar-refractivity contribution in [2.24, 2.45) is 0 Å². The third-order valence-electron chi connectivity index (χ3n) is 3.96. The molecule has 2 aliphatic rings. The number of aromatic nitrogens is 1. The van der Waals surface area contributed by atoms with Gasteiger partial charge in [-0.25, -0.2) is 4.98 Å². The highest BCUT2D eigenvalue weighted by molar-refractivity contribution is 7.17. The van der Waals surface area contributed by atoms with Crippen molar-refractivity contribution in [3.63, 3.8) is 0 Å². The van der Waals surface area contributed by atoms with E-state index >= 15 is 0 Å². The number of ether oxygens (including phenoxy) is 1. The van der Waals surface area contributed by atoms with E-state index in [9.17, 15) is 4.79 Å². The summed E-state index contributed by atoms with van der Waals surface area (Å²) >= 11 is 1.59. The molecule has 0 N–H and O–H groups in total. The second kappa shape index (κ2) is 6.22. The van der Waals surface area contributed by atoms with Gasteiger partial charge < -0.3 is 9.64 Å². The van der Waals surface area contributed by atoms with Crippen LogP contribution in [0.4, 0.5) is 5.13 Å². The molecule has 1 aromatic heterocycles. The van der Waals surface area contributed by atoms with E-state index in [4.69, 9.17) is 9.72 Å². The van der Waals surface area contributed by atoms with Crippen molar-refractivity contribution in [1.29, 1.82) is 0 Å². The van der Waals surface area contributed by atoms with Gasteiger partial charge in [-0.1, -0.05) is 18.3 Å². The number of hydrogen-bond acceptors (Lipinski definition) is 5. The smallest absolute Gasteiger partial charge is 0.186 e. The Morgan fingerprint density at radius 2 is 2.30 bits per heavy atom. The van der Waals surface area contributed by atoms with E-state index < -0.39 is 0 Å². The molecule has 0 bridgehead atoms. The Morgan fingerprint density at radius 1 is 1.40 bits per heavy atom. The number of hydrogen-bond donors (Lipinski definition) is 0. The maximum atomic E-state index is 11.9. The zero-order chi connectivity index (χ0) is 13.9. The van der Waals surface area contributed by atoms with Crippen molar-refractivity contribution in [2.75, 3.05) is 24.6 Å². The van der Waals surface area contributed by atoms with E-state index in [1.807, 2.05) is 0 Å². The summed E-state index contributed by atoms with van der Waals surface area (Å²) in [5.74, 6) is 0.283. The third kappa shape index (κ3) is 2.88. The number of rotatable bonds is 4. The van der Waals surface area contributed by atoms with Gasteiger partial charge >= 0.3 is 0 Å². The van der Waals surface area contributed by atoms with Crippen LogP contribution in [0.25, 0.3) is 0 Å². The Hall–Kier alpha value is -0.940. The lowest BCUT2D eigenvalue weighted by Gasteiger charge is -2.32. The minimum absolute atomic E-state index is 0.283. The molecule has 0 amide bonds. The number of carbonyl (C=O) groups is 1. The maximum Gasteiger partial charge on any atom is 0.186 e. The lowest BCUT2D eigenvalue weighted by Crippen LogP contribution is -2.39. The summed E-state index contributed by atoms with van der Waals surface area (Å²) in [6, 6.07) is 0. The number of piperidine rings is 1. The first-order chi connectivity index (χ1) is 9.78. The molecular weight excluding hydrogens is 272 g/mol. The monoisotopic (exact) mass is 294 g/mol. The van der Waals surface area contributed by atoms with Gasteiger partial charge in [0.15, 0.2) is 10.9 Å². The average Bonchev–Trinajstić information content (AvgIpc) is 2.91. The molecule has 1 saturated heterocycles. The predicted octanol–water partition coefficient (Wildman–Crippen LogP) is 3.06. The van der Waals surface area contributed by atoms with Gasteiger partial charge in [0.1, 0.15) is 0 Å². The lowest BCUT2D eigenvalue weighted by molar-refractivity contribution is 0.0440. The Balaban J connectivity index is 1.71. The van der Waals surface area contributed by atoms with Gasteiger partial charge in [-0.2, -0.15) is 0 Å². The zero-order valence-electron chi connectivity index (χ0n) is 12.1. The summed E-state index contributed by atoms with van der Waals surface area (Å²) in [6.07, 6.45) is 6.28. The predicted molar refractivity (Wildman–Crippen MR) is 80.9 cm³/mol. The molecule has 0 spiro atoms. The minimum Gasteiger partial charge on any atom is -0.376 e. The Labute approximate surface area is 124 Å². The van der Waals surface area contributed by atoms with Crippen molar-refractivity contribution in [3.05, 3.63) is 10.6 Å². The number of carbonyl (C=O) groups excluding carboxylic acids is 1. The van der Waals surface area contributed by atoms with E-state index in [2.05, 4.69) is 11.8 Å². The van der Waals surface area contributed by atoms with Crippen LogP contribution < -0.4 is 4.90 Å². The van der Waals surface area contributed by atoms with Crippen molar-refractivity contribution < 1.29 is 9.53 Å². The van der Waals surface area contributed by atoms with Crippen LogP contribution in [0.15, 0.2) is 0 Å². The van der Waals surface area contributed by atoms with Crippen LogP contribution in [-0.2, 0) is 11.2 Å². The molecule has 5 heteroatoms. The summed E-state index contributed by atoms with van der Waals surface area (Å²) < 4.78 is 5.88. The molecular formula is C15H22N2O2S. The molecule has 110 valence electrons. The first-order valence-electron chi connectivity index (χ1n) is 7.67. The van der Waals surface area contributed by atoms with E-state index in [1.54, 1.807) is 11.3 Å². The fraction of sp³-hybridized carbons (Fsp3) is 0.733. The van der Waals surface area contributed by atoms with Crippen LogP contribution in [-0.4, -0.2) is 36.6 Å². The Kier molecular flexibility index (Phi) is 4.36. The Morgan fingerprint density at radius 3 is 3.10 bits per heavy atom. The molecule has 1 aliphatic carbocycles. The average molecular weight is 294 g/mol. The van der Waals surface area contributed by atoms with Crippen LogP contribution in [0.2, 0.25) is 0 Å². The van der Waals surface area contributed by atoms with Gasteiger partial charge in [0, 0.05) is 26.1 Å². The quantitative estimate of drug-likeness (QED) is 0.856. The van der Waals surface area contributed by atoms with Crippen molar-refractivity contribution in [2.45, 2.75) is 51.6 Å². The second-order valence-corrected chi connectivity index (χ2v) is 6.61. The Bertz CT molecular complexity index is 486. The fourth-order valence-corrected chi connectivity index (χ4v) is 4.04. The first kappa shape index (κ1) is 14.0. The lowest BCUT2D eigenvalue weighted by atomic mass is 10.0. The number of anilines is 1. The van der Waals surface area contributed by atoms with Gasteiger partial charge in [0.2, 0.25) is 0 Å². The summed E-state index contributed by atoms with van der Waals surface area (Å²) in [6.45, 7) is 4.93. The molecule has 0 radical (unpaired) electrons. The molecule has 1 atom stereocenters. The molecule has 2 heterocycles. The molecule has 0 aromatic carbocycles. The van der Waals surface area contributed by atoms with Gasteiger partial charge in [0.25, 0.3) is 0 Å². The van der Waals surface area contributed by atoms with Crippen LogP contribution >= 0.6 is 11.3 Å². The highest BCUT2D eigenvalue weighted by Gasteiger charge is 2.27. The van der Waals surface area contributed by atoms with Gasteiger partial charge in [-0.15, -0.1) is 0 Å². The minimum atomic E-state index is 0.283. The van der Waals surface area contributed by atoms with Gasteiger partial charge in [0.05, 0.1) is 16.7 Å². The van der Waals surface area contributed by atoms with Crippen molar-refractivity contribution in [3.8, 4) is 0 Å². The van der Waals surface area contributed by atoms with Crippen LogP contribution in [0.5, 0.6) is 0 Å². The van der Waals surface area contributed by atoms with E-state index in [-0.39, 0.29) is 5.78 Å². The number of Topliss-reactive ketones (excluding diaryl/α,β-unsaturated/α-hetero) is 1. The van der Waals surface area contributed by atoms with Gasteiger partial charge in [-0.3, -0.25) is 4.79 Å². The summed E-state index contributed by atoms with van der Waals surface area (Å²) in [4.78, 5) is 19.8. The third-order valence-corrected chi connectivity index (χ3v) is 5.16. The number of ketones is 1. The van der Waals surface area contributed by atoms with E-state index in [0.717, 1.165) is 67.5 Å². The standard InChI is InChI=1S/C15H22N2O2S/c1-2-9-19-11-5-4-8-17(10-11)15-16-12-6-3-7-13(18)14(12)20-15/h11H,2-10H2,1H3. The van der Waals surface area contributed by atoms with Crippen molar-refractivity contribution >= 4 is 22.3 Å². The molecule has 0 saturated carbocycles. The number of thiazole rings is 1. The molecule has 1 unspecified atom stereocenters. The molecule has 1 aliphatic heterocycles. The molecule has 4 nitrogen and oxygen atoms in total. The summed E-state index contributed by atoms with van der Waals surface area (Å²) in [7, 11) is 0. The normalized spacial score (nSPS) is 22.9. The molecule has 1 aromatic rings. The number of fused-ring (bicyclic) bond motifs is 1. The topological polar surface area (TPSA) is 42.4 Å². The van der Waals surface area contributed by atoms with Crippen molar-refractivity contribution in [1.82, 2.24) is 4.98 Å². The van der Waals surface area contributed by atoms with Crippen LogP contribution in [0.3, 0.4) is 0 Å². The molecule has 20 heavy (non-hydrogen) atoms. The van der Waals surface area contributed by atoms with Crippen LogP contribution in [0.1, 0.15) is 54.4 Å². The second-order valence-electron chi connectivity index (χ2n) is 5.63. The fourth-order valence-electron chi connectivity index (χ4n) is 2.92. The van der Waals surface area contributed by atoms with E-state index in [0.29, 0.717) is 12.5 Å². The molecule has 1 fully saturated rings. The number of nitrogens with zero attached hydrogens (tertiary/aromatic N) is 2. The zero-order valence-corrected chi connectivity index (χ0v) is 12.9. The largest absolute Gasteiger partial charge is 0.376 e. The highest BCUT2D eigenvalue weighted by atomic mass is 32.1. The van der Waals surface area contributed by atoms with E-state index in [1.165, 1.54) is 0 Å². The summed E-state index contributed by atoms with van der Waals surface area (Å²) in [5, 5.41) is 1.02. The SMILES string of the molecule is CCCOC1CCCN(c2nc3c(s2)C(=O)CCC3)C1.